The number of amides is 1. The first-order valence-corrected chi connectivity index (χ1v) is 10.4. The van der Waals surface area contributed by atoms with Gasteiger partial charge >= 0.3 is 6.09 Å². The topological polar surface area (TPSA) is 64.4 Å². The minimum Gasteiger partial charge on any atom is -0.444 e. The van der Waals surface area contributed by atoms with Crippen LogP contribution in [0.15, 0.2) is 53.3 Å². The number of aromatic nitrogens is 2. The smallest absolute Gasteiger partial charge is 0.410 e. The first kappa shape index (κ1) is 20.4. The summed E-state index contributed by atoms with van der Waals surface area (Å²) < 4.78 is 7.18. The quantitative estimate of drug-likeness (QED) is 0.572. The molecule has 4 rings (SSSR count). The predicted molar refractivity (Wildman–Crippen MR) is 117 cm³/mol. The molecule has 0 unspecified atom stereocenters. The molecule has 3 aromatic rings. The minimum absolute atomic E-state index is 0.247. The van der Waals surface area contributed by atoms with Crippen LogP contribution in [0.3, 0.4) is 0 Å². The Morgan fingerprint density at radius 3 is 2.57 bits per heavy atom. The summed E-state index contributed by atoms with van der Waals surface area (Å²) in [6.07, 6.45) is 1.11. The Bertz CT molecular complexity index is 1150. The minimum atomic E-state index is -0.604. The van der Waals surface area contributed by atoms with E-state index < -0.39 is 11.7 Å². The maximum Gasteiger partial charge on any atom is 0.410 e. The van der Waals surface area contributed by atoms with Gasteiger partial charge in [0.1, 0.15) is 11.4 Å². The number of benzene rings is 2. The molecule has 1 fully saturated rings. The Kier molecular flexibility index (Phi) is 5.28. The first-order chi connectivity index (χ1) is 14.3. The van der Waals surface area contributed by atoms with E-state index in [0.29, 0.717) is 40.4 Å². The van der Waals surface area contributed by atoms with Crippen molar-refractivity contribution in [1.29, 1.82) is 0 Å². The fraction of sp³-hybridized carbons (Fsp3) is 0.348. The predicted octanol–water partition coefficient (Wildman–Crippen LogP) is 5.11. The summed E-state index contributed by atoms with van der Waals surface area (Å²) in [5.41, 5.74) is 0.352. The van der Waals surface area contributed by atoms with Crippen molar-refractivity contribution in [2.45, 2.75) is 45.3 Å². The summed E-state index contributed by atoms with van der Waals surface area (Å²) in [4.78, 5) is 32.9. The van der Waals surface area contributed by atoms with E-state index in [0.717, 1.165) is 6.42 Å². The van der Waals surface area contributed by atoms with Crippen LogP contribution in [0.25, 0.3) is 16.6 Å². The van der Waals surface area contributed by atoms with E-state index in [2.05, 4.69) is 0 Å². The summed E-state index contributed by atoms with van der Waals surface area (Å²) in [7, 11) is 0. The highest BCUT2D eigenvalue weighted by Gasteiger charge is 2.36. The van der Waals surface area contributed by atoms with Crippen molar-refractivity contribution in [3.63, 3.8) is 0 Å². The van der Waals surface area contributed by atoms with Gasteiger partial charge in [0, 0.05) is 6.54 Å². The van der Waals surface area contributed by atoms with Gasteiger partial charge < -0.3 is 4.74 Å². The molecule has 1 amide bonds. The van der Waals surface area contributed by atoms with Gasteiger partial charge in [-0.1, -0.05) is 35.9 Å². The van der Waals surface area contributed by atoms with E-state index in [4.69, 9.17) is 21.3 Å². The zero-order chi connectivity index (χ0) is 21.5. The molecule has 0 aliphatic carbocycles. The van der Waals surface area contributed by atoms with Crippen molar-refractivity contribution in [1.82, 2.24) is 14.5 Å². The van der Waals surface area contributed by atoms with Crippen molar-refractivity contribution in [2.75, 3.05) is 6.54 Å². The lowest BCUT2D eigenvalue weighted by Crippen LogP contribution is -2.38. The summed E-state index contributed by atoms with van der Waals surface area (Å²) in [6.45, 7) is 6.07. The van der Waals surface area contributed by atoms with E-state index >= 15 is 0 Å². The Morgan fingerprint density at radius 2 is 1.87 bits per heavy atom. The molecular formula is C23H24ClN3O3. The molecule has 2 aromatic carbocycles. The second kappa shape index (κ2) is 7.76. The van der Waals surface area contributed by atoms with Crippen molar-refractivity contribution < 1.29 is 9.53 Å². The van der Waals surface area contributed by atoms with Crippen molar-refractivity contribution in [3.8, 4) is 5.69 Å². The third-order valence-electron chi connectivity index (χ3n) is 5.07. The molecular weight excluding hydrogens is 402 g/mol. The van der Waals surface area contributed by atoms with Gasteiger partial charge in [0.25, 0.3) is 5.56 Å². The molecule has 1 aromatic heterocycles. The number of hydrogen-bond donors (Lipinski definition) is 0. The maximum absolute atomic E-state index is 13.5. The van der Waals surface area contributed by atoms with E-state index in [9.17, 15) is 9.59 Å². The number of carbonyl (C=O) groups is 1. The zero-order valence-corrected chi connectivity index (χ0v) is 18.0. The normalized spacial score (nSPS) is 16.8. The fourth-order valence-corrected chi connectivity index (χ4v) is 4.08. The number of carbonyl (C=O) groups excluding carboxylic acids is 1. The average molecular weight is 426 g/mol. The molecule has 1 aliphatic heterocycles. The highest BCUT2D eigenvalue weighted by molar-refractivity contribution is 6.35. The molecule has 0 N–H and O–H groups in total. The number of para-hydroxylation sites is 1. The van der Waals surface area contributed by atoms with Gasteiger partial charge in [-0.25, -0.2) is 9.78 Å². The number of nitrogens with zero attached hydrogens (tertiary/aromatic N) is 3. The van der Waals surface area contributed by atoms with Crippen molar-refractivity contribution >= 4 is 28.6 Å². The monoisotopic (exact) mass is 425 g/mol. The number of rotatable bonds is 2. The Hall–Kier alpha value is -2.86. The van der Waals surface area contributed by atoms with Gasteiger partial charge in [0.15, 0.2) is 0 Å². The number of halogens is 1. The Labute approximate surface area is 180 Å². The lowest BCUT2D eigenvalue weighted by atomic mass is 10.1. The molecule has 7 heteroatoms. The molecule has 2 heterocycles. The van der Waals surface area contributed by atoms with E-state index in [1.807, 2.05) is 51.1 Å². The van der Waals surface area contributed by atoms with Crippen molar-refractivity contribution in [2.24, 2.45) is 0 Å². The lowest BCUT2D eigenvalue weighted by molar-refractivity contribution is 0.0216. The maximum atomic E-state index is 13.5. The largest absolute Gasteiger partial charge is 0.444 e. The SMILES string of the molecule is CC(C)(C)OC(=O)N1CCC[C@H]1c1nc2cccc(Cl)c2c(=O)n1-c1ccccc1. The third kappa shape index (κ3) is 3.79. The van der Waals surface area contributed by atoms with Crippen LogP contribution in [0.4, 0.5) is 4.79 Å². The summed E-state index contributed by atoms with van der Waals surface area (Å²) in [5.74, 6) is 0.518. The second-order valence-electron chi connectivity index (χ2n) is 8.41. The molecule has 0 radical (unpaired) electrons. The van der Waals surface area contributed by atoms with Crippen LogP contribution >= 0.6 is 11.6 Å². The van der Waals surface area contributed by atoms with Gasteiger partial charge in [-0.15, -0.1) is 0 Å². The van der Waals surface area contributed by atoms with Crippen LogP contribution in [-0.2, 0) is 4.74 Å². The standard InChI is InChI=1S/C23H24ClN3O3/c1-23(2,3)30-22(29)26-14-8-13-18(26)20-25-17-12-7-11-16(24)19(17)21(28)27(20)15-9-5-4-6-10-15/h4-7,9-12,18H,8,13-14H2,1-3H3/t18-/m0/s1. The van der Waals surface area contributed by atoms with E-state index in [1.54, 1.807) is 27.7 Å². The van der Waals surface area contributed by atoms with Crippen LogP contribution < -0.4 is 5.56 Å². The molecule has 1 saturated heterocycles. The molecule has 0 spiro atoms. The number of likely N-dealkylation sites (tertiary alicyclic amines) is 1. The van der Waals surface area contributed by atoms with Gasteiger partial charge in [-0.2, -0.15) is 0 Å². The summed E-state index contributed by atoms with van der Waals surface area (Å²) in [5, 5.41) is 0.727. The van der Waals surface area contributed by atoms with Crippen molar-refractivity contribution in [3.05, 3.63) is 69.7 Å². The zero-order valence-electron chi connectivity index (χ0n) is 17.3. The molecule has 156 valence electrons. The van der Waals surface area contributed by atoms with Crippen LogP contribution in [0.5, 0.6) is 0 Å². The van der Waals surface area contributed by atoms with Crippen LogP contribution in [0.2, 0.25) is 5.02 Å². The van der Waals surface area contributed by atoms with Crippen LogP contribution in [0, 0.1) is 0 Å². The van der Waals surface area contributed by atoms with Gasteiger partial charge in [0.05, 0.1) is 27.7 Å². The molecule has 1 aliphatic rings. The summed E-state index contributed by atoms with van der Waals surface area (Å²) >= 11 is 6.35. The van der Waals surface area contributed by atoms with Gasteiger partial charge in [-0.3, -0.25) is 14.3 Å². The van der Waals surface area contributed by atoms with Gasteiger partial charge in [-0.05, 0) is 57.9 Å². The molecule has 6 nitrogen and oxygen atoms in total. The van der Waals surface area contributed by atoms with Crippen LogP contribution in [0.1, 0.15) is 45.5 Å². The lowest BCUT2D eigenvalue weighted by Gasteiger charge is -2.29. The number of ether oxygens (including phenoxy) is 1. The molecule has 1 atom stereocenters. The Morgan fingerprint density at radius 1 is 1.13 bits per heavy atom. The molecule has 0 saturated carbocycles. The first-order valence-electron chi connectivity index (χ1n) is 10.0. The Balaban J connectivity index is 1.92. The van der Waals surface area contributed by atoms with Crippen LogP contribution in [-0.4, -0.2) is 32.7 Å². The summed E-state index contributed by atoms with van der Waals surface area (Å²) in [6, 6.07) is 14.2. The van der Waals surface area contributed by atoms with Gasteiger partial charge in [0.2, 0.25) is 0 Å². The highest BCUT2D eigenvalue weighted by Crippen LogP contribution is 2.34. The second-order valence-corrected chi connectivity index (χ2v) is 8.82. The van der Waals surface area contributed by atoms with E-state index in [-0.39, 0.29) is 11.6 Å². The number of fused-ring (bicyclic) bond motifs is 1. The van der Waals surface area contributed by atoms with E-state index in [1.165, 1.54) is 0 Å². The molecule has 30 heavy (non-hydrogen) atoms. The fourth-order valence-electron chi connectivity index (χ4n) is 3.83. The number of hydrogen-bond acceptors (Lipinski definition) is 4. The molecule has 0 bridgehead atoms. The highest BCUT2D eigenvalue weighted by atomic mass is 35.5. The average Bonchev–Trinajstić information content (AvgIpc) is 3.17. The third-order valence-corrected chi connectivity index (χ3v) is 5.38.